The fourth-order valence-corrected chi connectivity index (χ4v) is 1.76. The van der Waals surface area contributed by atoms with E-state index in [4.69, 9.17) is 5.73 Å². The standard InChI is InChI=1S/C13H18N4/c1-9(2)12-15-13(17-16-12)11-6-4-3-5-10(11)7-8-14/h3-6,9H,7-8,14H2,1-2H3,(H,15,16,17). The van der Waals surface area contributed by atoms with Gasteiger partial charge in [0.1, 0.15) is 5.82 Å². The predicted molar refractivity (Wildman–Crippen MR) is 68.7 cm³/mol. The molecule has 0 saturated heterocycles. The molecule has 0 spiro atoms. The zero-order chi connectivity index (χ0) is 12.3. The van der Waals surface area contributed by atoms with E-state index in [1.807, 2.05) is 18.2 Å². The fourth-order valence-electron chi connectivity index (χ4n) is 1.76. The quantitative estimate of drug-likeness (QED) is 0.845. The summed E-state index contributed by atoms with van der Waals surface area (Å²) in [5.74, 6) is 2.04. The summed E-state index contributed by atoms with van der Waals surface area (Å²) in [6, 6.07) is 8.14. The number of H-pyrrole nitrogens is 1. The molecule has 0 saturated carbocycles. The molecule has 0 radical (unpaired) electrons. The average Bonchev–Trinajstić information content (AvgIpc) is 2.79. The van der Waals surface area contributed by atoms with Crippen LogP contribution in [-0.2, 0) is 6.42 Å². The molecule has 4 nitrogen and oxygen atoms in total. The van der Waals surface area contributed by atoms with Gasteiger partial charge in [0.15, 0.2) is 5.82 Å². The molecule has 0 aliphatic carbocycles. The number of benzene rings is 1. The minimum absolute atomic E-state index is 0.359. The van der Waals surface area contributed by atoms with Crippen molar-refractivity contribution in [2.75, 3.05) is 6.54 Å². The van der Waals surface area contributed by atoms with Crippen molar-refractivity contribution in [2.24, 2.45) is 5.73 Å². The van der Waals surface area contributed by atoms with Gasteiger partial charge in [-0.25, -0.2) is 4.98 Å². The summed E-state index contributed by atoms with van der Waals surface area (Å²) in [6.07, 6.45) is 0.849. The maximum absolute atomic E-state index is 5.61. The average molecular weight is 230 g/mol. The molecule has 0 bridgehead atoms. The topological polar surface area (TPSA) is 67.6 Å². The third-order valence-corrected chi connectivity index (χ3v) is 2.72. The van der Waals surface area contributed by atoms with Gasteiger partial charge in [0.25, 0.3) is 0 Å². The lowest BCUT2D eigenvalue weighted by Gasteiger charge is -2.04. The van der Waals surface area contributed by atoms with Crippen LogP contribution in [0.4, 0.5) is 0 Å². The Morgan fingerprint density at radius 3 is 2.71 bits per heavy atom. The number of nitrogens with zero attached hydrogens (tertiary/aromatic N) is 2. The first kappa shape index (κ1) is 11.8. The van der Waals surface area contributed by atoms with E-state index in [1.54, 1.807) is 0 Å². The lowest BCUT2D eigenvalue weighted by atomic mass is 10.0. The molecular formula is C13H18N4. The van der Waals surface area contributed by atoms with Crippen molar-refractivity contribution in [3.8, 4) is 11.4 Å². The molecular weight excluding hydrogens is 212 g/mol. The van der Waals surface area contributed by atoms with Gasteiger partial charge in [-0.2, -0.15) is 5.10 Å². The summed E-state index contributed by atoms with van der Waals surface area (Å²) in [7, 11) is 0. The van der Waals surface area contributed by atoms with Crippen molar-refractivity contribution in [1.29, 1.82) is 0 Å². The highest BCUT2D eigenvalue weighted by molar-refractivity contribution is 5.59. The zero-order valence-electron chi connectivity index (χ0n) is 10.3. The highest BCUT2D eigenvalue weighted by Gasteiger charge is 2.11. The third kappa shape index (κ3) is 2.53. The van der Waals surface area contributed by atoms with E-state index in [0.717, 1.165) is 23.6 Å². The normalized spacial score (nSPS) is 11.1. The molecule has 0 atom stereocenters. The number of aromatic nitrogens is 3. The zero-order valence-corrected chi connectivity index (χ0v) is 10.3. The smallest absolute Gasteiger partial charge is 0.181 e. The van der Waals surface area contributed by atoms with Crippen molar-refractivity contribution in [1.82, 2.24) is 15.2 Å². The van der Waals surface area contributed by atoms with E-state index >= 15 is 0 Å². The Kier molecular flexibility index (Phi) is 3.54. The first-order chi connectivity index (χ1) is 8.22. The first-order valence-corrected chi connectivity index (χ1v) is 5.93. The van der Waals surface area contributed by atoms with Crippen LogP contribution in [0.25, 0.3) is 11.4 Å². The molecule has 0 unspecified atom stereocenters. The van der Waals surface area contributed by atoms with Gasteiger partial charge in [-0.15, -0.1) is 0 Å². The molecule has 1 aromatic heterocycles. The maximum atomic E-state index is 5.61. The molecule has 90 valence electrons. The minimum Gasteiger partial charge on any atom is -0.330 e. The summed E-state index contributed by atoms with van der Waals surface area (Å²) in [5, 5.41) is 7.25. The van der Waals surface area contributed by atoms with Crippen LogP contribution < -0.4 is 5.73 Å². The number of nitrogens with two attached hydrogens (primary N) is 1. The number of nitrogens with one attached hydrogen (secondary N) is 1. The second kappa shape index (κ2) is 5.10. The van der Waals surface area contributed by atoms with Gasteiger partial charge in [-0.05, 0) is 18.5 Å². The number of aromatic amines is 1. The van der Waals surface area contributed by atoms with Crippen LogP contribution in [0.5, 0.6) is 0 Å². The van der Waals surface area contributed by atoms with E-state index in [2.05, 4.69) is 35.1 Å². The second-order valence-corrected chi connectivity index (χ2v) is 4.39. The van der Waals surface area contributed by atoms with Crippen molar-refractivity contribution >= 4 is 0 Å². The van der Waals surface area contributed by atoms with Crippen molar-refractivity contribution < 1.29 is 0 Å². The van der Waals surface area contributed by atoms with Gasteiger partial charge in [0, 0.05) is 11.5 Å². The van der Waals surface area contributed by atoms with E-state index in [-0.39, 0.29) is 0 Å². The van der Waals surface area contributed by atoms with Crippen LogP contribution in [-0.4, -0.2) is 21.7 Å². The highest BCUT2D eigenvalue weighted by atomic mass is 15.2. The van der Waals surface area contributed by atoms with Crippen LogP contribution in [0, 0.1) is 0 Å². The summed E-state index contributed by atoms with van der Waals surface area (Å²) < 4.78 is 0. The maximum Gasteiger partial charge on any atom is 0.181 e. The molecule has 2 aromatic rings. The van der Waals surface area contributed by atoms with Crippen LogP contribution in [0.2, 0.25) is 0 Å². The summed E-state index contributed by atoms with van der Waals surface area (Å²) >= 11 is 0. The Morgan fingerprint density at radius 2 is 2.06 bits per heavy atom. The Morgan fingerprint density at radius 1 is 1.29 bits per heavy atom. The summed E-state index contributed by atoms with van der Waals surface area (Å²) in [6.45, 7) is 4.82. The van der Waals surface area contributed by atoms with Gasteiger partial charge in [-0.1, -0.05) is 38.1 Å². The van der Waals surface area contributed by atoms with E-state index in [0.29, 0.717) is 12.5 Å². The van der Waals surface area contributed by atoms with E-state index in [9.17, 15) is 0 Å². The van der Waals surface area contributed by atoms with Crippen LogP contribution in [0.15, 0.2) is 24.3 Å². The minimum atomic E-state index is 0.359. The lowest BCUT2D eigenvalue weighted by Crippen LogP contribution is -2.04. The molecule has 3 N–H and O–H groups in total. The fraction of sp³-hybridized carbons (Fsp3) is 0.385. The monoisotopic (exact) mass is 230 g/mol. The van der Waals surface area contributed by atoms with Gasteiger partial charge in [-0.3, -0.25) is 5.10 Å². The Balaban J connectivity index is 2.38. The van der Waals surface area contributed by atoms with Gasteiger partial charge < -0.3 is 5.73 Å². The van der Waals surface area contributed by atoms with E-state index in [1.165, 1.54) is 5.56 Å². The largest absolute Gasteiger partial charge is 0.330 e. The first-order valence-electron chi connectivity index (χ1n) is 5.93. The molecule has 1 aromatic carbocycles. The van der Waals surface area contributed by atoms with Crippen molar-refractivity contribution in [3.05, 3.63) is 35.7 Å². The van der Waals surface area contributed by atoms with Crippen molar-refractivity contribution in [2.45, 2.75) is 26.2 Å². The predicted octanol–water partition coefficient (Wildman–Crippen LogP) is 2.10. The third-order valence-electron chi connectivity index (χ3n) is 2.72. The van der Waals surface area contributed by atoms with Gasteiger partial charge in [0.2, 0.25) is 0 Å². The SMILES string of the molecule is CC(C)c1nc(-c2ccccc2CCN)n[nH]1. The molecule has 17 heavy (non-hydrogen) atoms. The Bertz CT molecular complexity index is 488. The van der Waals surface area contributed by atoms with Gasteiger partial charge in [0.05, 0.1) is 0 Å². The highest BCUT2D eigenvalue weighted by Crippen LogP contribution is 2.21. The molecule has 2 rings (SSSR count). The Labute approximate surface area is 101 Å². The van der Waals surface area contributed by atoms with Crippen LogP contribution in [0.1, 0.15) is 31.2 Å². The van der Waals surface area contributed by atoms with Crippen LogP contribution in [0.3, 0.4) is 0 Å². The van der Waals surface area contributed by atoms with Crippen LogP contribution >= 0.6 is 0 Å². The molecule has 4 heteroatoms. The second-order valence-electron chi connectivity index (χ2n) is 4.39. The Hall–Kier alpha value is -1.68. The lowest BCUT2D eigenvalue weighted by molar-refractivity contribution is 0.781. The molecule has 0 aliphatic heterocycles. The summed E-state index contributed by atoms with van der Waals surface area (Å²) in [5.41, 5.74) is 7.88. The van der Waals surface area contributed by atoms with Gasteiger partial charge >= 0.3 is 0 Å². The molecule has 0 aliphatic rings. The number of rotatable bonds is 4. The number of hydrogen-bond donors (Lipinski definition) is 2. The molecule has 0 amide bonds. The number of hydrogen-bond acceptors (Lipinski definition) is 3. The molecule has 0 fully saturated rings. The summed E-state index contributed by atoms with van der Waals surface area (Å²) in [4.78, 5) is 4.52. The van der Waals surface area contributed by atoms with Crippen molar-refractivity contribution in [3.63, 3.8) is 0 Å². The molecule has 1 heterocycles. The van der Waals surface area contributed by atoms with E-state index < -0.39 is 0 Å².